The molecule has 0 spiro atoms. The molecule has 0 saturated carbocycles. The van der Waals surface area contributed by atoms with Gasteiger partial charge in [-0.05, 0) is 54.4 Å². The standard InChI is InChI=1S/C25H25N3O4/c29-24(25(30)27-18-10-11-22-23(14-18)32-16-31-22)26-15-21(28-12-3-4-13-28)20-9-5-7-17-6-1-2-8-19(17)20/h1-2,5-11,14,21H,3-4,12-13,15-16H2,(H,26,29)(H,27,30)/t21-/m0/s1. The fourth-order valence-corrected chi connectivity index (χ4v) is 4.46. The van der Waals surface area contributed by atoms with Gasteiger partial charge in [0.15, 0.2) is 11.5 Å². The van der Waals surface area contributed by atoms with Gasteiger partial charge in [-0.15, -0.1) is 0 Å². The highest BCUT2D eigenvalue weighted by molar-refractivity contribution is 6.39. The van der Waals surface area contributed by atoms with Gasteiger partial charge in [-0.1, -0.05) is 42.5 Å². The number of amides is 2. The lowest BCUT2D eigenvalue weighted by Gasteiger charge is -2.29. The second kappa shape index (κ2) is 8.88. The lowest BCUT2D eigenvalue weighted by atomic mass is 9.97. The predicted molar refractivity (Wildman–Crippen MR) is 122 cm³/mol. The molecule has 2 N–H and O–H groups in total. The number of likely N-dealkylation sites (tertiary alicyclic amines) is 1. The van der Waals surface area contributed by atoms with Crippen LogP contribution in [0.3, 0.4) is 0 Å². The highest BCUT2D eigenvalue weighted by Crippen LogP contribution is 2.34. The Labute approximate surface area is 186 Å². The van der Waals surface area contributed by atoms with Crippen molar-refractivity contribution in [3.63, 3.8) is 0 Å². The molecule has 2 amide bonds. The molecular formula is C25H25N3O4. The van der Waals surface area contributed by atoms with E-state index in [9.17, 15) is 9.59 Å². The summed E-state index contributed by atoms with van der Waals surface area (Å²) in [6.45, 7) is 2.47. The van der Waals surface area contributed by atoms with Crippen molar-refractivity contribution >= 4 is 28.3 Å². The van der Waals surface area contributed by atoms with E-state index in [1.165, 1.54) is 16.3 Å². The Balaban J connectivity index is 1.30. The molecule has 1 atom stereocenters. The van der Waals surface area contributed by atoms with E-state index in [1.54, 1.807) is 18.2 Å². The summed E-state index contributed by atoms with van der Waals surface area (Å²) in [5, 5.41) is 7.82. The molecule has 164 valence electrons. The van der Waals surface area contributed by atoms with Gasteiger partial charge in [0.2, 0.25) is 6.79 Å². The van der Waals surface area contributed by atoms with Crippen LogP contribution < -0.4 is 20.1 Å². The van der Waals surface area contributed by atoms with Gasteiger partial charge in [0.1, 0.15) is 0 Å². The Morgan fingerprint density at radius 1 is 0.906 bits per heavy atom. The van der Waals surface area contributed by atoms with Gasteiger partial charge in [-0.2, -0.15) is 0 Å². The number of nitrogens with zero attached hydrogens (tertiary/aromatic N) is 1. The van der Waals surface area contributed by atoms with Crippen LogP contribution in [0.15, 0.2) is 60.7 Å². The molecule has 2 aliphatic heterocycles. The van der Waals surface area contributed by atoms with Crippen LogP contribution in [0.2, 0.25) is 0 Å². The molecule has 2 heterocycles. The van der Waals surface area contributed by atoms with Crippen LogP contribution in [-0.2, 0) is 9.59 Å². The summed E-state index contributed by atoms with van der Waals surface area (Å²) in [7, 11) is 0. The molecule has 0 bridgehead atoms. The minimum Gasteiger partial charge on any atom is -0.454 e. The maximum atomic E-state index is 12.6. The average molecular weight is 431 g/mol. The van der Waals surface area contributed by atoms with E-state index in [1.807, 2.05) is 12.1 Å². The number of ether oxygens (including phenoxy) is 2. The average Bonchev–Trinajstić information content (AvgIpc) is 3.51. The fourth-order valence-electron chi connectivity index (χ4n) is 4.46. The largest absolute Gasteiger partial charge is 0.454 e. The molecule has 0 radical (unpaired) electrons. The van der Waals surface area contributed by atoms with E-state index in [-0.39, 0.29) is 12.8 Å². The van der Waals surface area contributed by atoms with Crippen LogP contribution in [0.4, 0.5) is 5.69 Å². The first kappa shape index (κ1) is 20.3. The molecule has 1 fully saturated rings. The van der Waals surface area contributed by atoms with Gasteiger partial charge in [-0.3, -0.25) is 14.5 Å². The van der Waals surface area contributed by atoms with Crippen LogP contribution in [0.5, 0.6) is 11.5 Å². The van der Waals surface area contributed by atoms with E-state index in [4.69, 9.17) is 9.47 Å². The number of carbonyl (C=O) groups excluding carboxylic acids is 2. The van der Waals surface area contributed by atoms with Crippen molar-refractivity contribution < 1.29 is 19.1 Å². The molecule has 5 rings (SSSR count). The molecule has 32 heavy (non-hydrogen) atoms. The minimum absolute atomic E-state index is 0.00546. The summed E-state index contributed by atoms with van der Waals surface area (Å²) in [6.07, 6.45) is 2.28. The molecule has 3 aromatic rings. The van der Waals surface area contributed by atoms with E-state index in [2.05, 4.69) is 45.9 Å². The van der Waals surface area contributed by atoms with Crippen LogP contribution in [-0.4, -0.2) is 43.1 Å². The Morgan fingerprint density at radius 2 is 1.69 bits per heavy atom. The summed E-state index contributed by atoms with van der Waals surface area (Å²) in [4.78, 5) is 27.5. The zero-order valence-corrected chi connectivity index (χ0v) is 17.7. The maximum Gasteiger partial charge on any atom is 0.313 e. The summed E-state index contributed by atoms with van der Waals surface area (Å²) in [5.41, 5.74) is 1.65. The topological polar surface area (TPSA) is 79.9 Å². The number of hydrogen-bond acceptors (Lipinski definition) is 5. The number of benzene rings is 3. The lowest BCUT2D eigenvalue weighted by molar-refractivity contribution is -0.136. The monoisotopic (exact) mass is 431 g/mol. The first-order valence-corrected chi connectivity index (χ1v) is 10.9. The van der Waals surface area contributed by atoms with Crippen LogP contribution in [0.1, 0.15) is 24.4 Å². The molecule has 3 aromatic carbocycles. The number of fused-ring (bicyclic) bond motifs is 2. The predicted octanol–water partition coefficient (Wildman–Crippen LogP) is 3.46. The molecule has 7 nitrogen and oxygen atoms in total. The van der Waals surface area contributed by atoms with Crippen LogP contribution in [0.25, 0.3) is 10.8 Å². The quantitative estimate of drug-likeness (QED) is 0.605. The molecule has 1 saturated heterocycles. The van der Waals surface area contributed by atoms with Gasteiger partial charge in [0.25, 0.3) is 0 Å². The third-order valence-electron chi connectivity index (χ3n) is 6.06. The van der Waals surface area contributed by atoms with Gasteiger partial charge < -0.3 is 20.1 Å². The van der Waals surface area contributed by atoms with Crippen molar-refractivity contribution in [2.24, 2.45) is 0 Å². The highest BCUT2D eigenvalue weighted by atomic mass is 16.7. The van der Waals surface area contributed by atoms with E-state index < -0.39 is 11.8 Å². The van der Waals surface area contributed by atoms with Gasteiger partial charge >= 0.3 is 11.8 Å². The molecular weight excluding hydrogens is 406 g/mol. The zero-order chi connectivity index (χ0) is 21.9. The van der Waals surface area contributed by atoms with Gasteiger partial charge in [-0.25, -0.2) is 0 Å². The van der Waals surface area contributed by atoms with Crippen molar-refractivity contribution in [1.82, 2.24) is 10.2 Å². The summed E-state index contributed by atoms with van der Waals surface area (Å²) in [5.74, 6) is -0.196. The van der Waals surface area contributed by atoms with Gasteiger partial charge in [0, 0.05) is 18.3 Å². The summed E-state index contributed by atoms with van der Waals surface area (Å²) in [6, 6.07) is 19.6. The second-order valence-electron chi connectivity index (χ2n) is 8.06. The zero-order valence-electron chi connectivity index (χ0n) is 17.7. The normalized spacial score (nSPS) is 16.1. The first-order chi connectivity index (χ1) is 15.7. The number of carbonyl (C=O) groups is 2. The Kier molecular flexibility index (Phi) is 5.64. The number of anilines is 1. The second-order valence-corrected chi connectivity index (χ2v) is 8.06. The lowest BCUT2D eigenvalue weighted by Crippen LogP contribution is -2.41. The first-order valence-electron chi connectivity index (χ1n) is 10.9. The number of hydrogen-bond donors (Lipinski definition) is 2. The van der Waals surface area contributed by atoms with E-state index in [0.717, 1.165) is 25.9 Å². The third kappa shape index (κ3) is 4.11. The Bertz CT molecular complexity index is 1150. The summed E-state index contributed by atoms with van der Waals surface area (Å²) < 4.78 is 10.6. The molecule has 7 heteroatoms. The minimum atomic E-state index is -0.707. The smallest absolute Gasteiger partial charge is 0.313 e. The molecule has 0 aliphatic carbocycles. The fraction of sp³-hybridized carbons (Fsp3) is 0.280. The van der Waals surface area contributed by atoms with Crippen LogP contribution in [0, 0.1) is 0 Å². The van der Waals surface area contributed by atoms with E-state index >= 15 is 0 Å². The Morgan fingerprint density at radius 3 is 2.56 bits per heavy atom. The van der Waals surface area contributed by atoms with Crippen molar-refractivity contribution in [2.75, 3.05) is 31.7 Å². The summed E-state index contributed by atoms with van der Waals surface area (Å²) >= 11 is 0. The van der Waals surface area contributed by atoms with Crippen molar-refractivity contribution in [3.05, 3.63) is 66.2 Å². The van der Waals surface area contributed by atoms with Crippen molar-refractivity contribution in [2.45, 2.75) is 18.9 Å². The maximum absolute atomic E-state index is 12.6. The third-order valence-corrected chi connectivity index (χ3v) is 6.06. The Hall–Kier alpha value is -3.58. The molecule has 2 aliphatic rings. The SMILES string of the molecule is O=C(NC[C@@H](c1cccc2ccccc12)N1CCCC1)C(=O)Nc1ccc2c(c1)OCO2. The van der Waals surface area contributed by atoms with Crippen molar-refractivity contribution in [3.8, 4) is 11.5 Å². The van der Waals surface area contributed by atoms with Crippen LogP contribution >= 0.6 is 0 Å². The van der Waals surface area contributed by atoms with Crippen molar-refractivity contribution in [1.29, 1.82) is 0 Å². The highest BCUT2D eigenvalue weighted by Gasteiger charge is 2.26. The van der Waals surface area contributed by atoms with E-state index in [0.29, 0.717) is 23.7 Å². The van der Waals surface area contributed by atoms with Gasteiger partial charge in [0.05, 0.1) is 6.04 Å². The number of rotatable bonds is 5. The number of nitrogens with one attached hydrogen (secondary N) is 2. The molecule has 0 aromatic heterocycles. The molecule has 0 unspecified atom stereocenters.